The number of hydrogen-bond acceptors (Lipinski definition) is 4. The average molecular weight is 408 g/mol. The molecule has 10 heteroatoms. The van der Waals surface area contributed by atoms with Crippen LogP contribution in [0.3, 0.4) is 0 Å². The Kier molecular flexibility index (Phi) is 14.0. The molecule has 7 N–H and O–H groups in total. The number of nitrogens with zero attached hydrogens (tertiary/aromatic N) is 1. The standard InChI is InChI=1S/C18H24N2O5.Na.2H2O.H/c1-12(16(21)20-11-5-8-15(20)18(24)25)19-14(17(22)23)10-9-13-6-3-2-4-7-13;;;;/h2-4,6-7,12,14-15,19H,5,8-11H2,1H3,(H,22,23)(H,24,25);;2*1H2;/q;+1;;;-1/t12-,14-,15-;;;;/m0..../s1. The molecule has 1 aromatic carbocycles. The minimum absolute atomic E-state index is 0. The van der Waals surface area contributed by atoms with Crippen LogP contribution in [0.5, 0.6) is 0 Å². The predicted octanol–water partition coefficient (Wildman–Crippen LogP) is -3.41. The molecule has 1 heterocycles. The smallest absolute Gasteiger partial charge is 1.00 e. The fourth-order valence-corrected chi connectivity index (χ4v) is 3.14. The van der Waals surface area contributed by atoms with Crippen LogP contribution in [-0.4, -0.2) is 68.6 Å². The first-order chi connectivity index (χ1) is 11.9. The van der Waals surface area contributed by atoms with Crippen molar-refractivity contribution < 1.29 is 66.5 Å². The number of carboxylic acid groups (broad SMARTS) is 2. The third kappa shape index (κ3) is 7.86. The molecule has 0 unspecified atom stereocenters. The molecular formula is C18H29N2NaO7. The predicted molar refractivity (Wildman–Crippen MR) is 99.5 cm³/mol. The Morgan fingerprint density at radius 1 is 1.21 bits per heavy atom. The molecule has 0 aromatic heterocycles. The summed E-state index contributed by atoms with van der Waals surface area (Å²) in [4.78, 5) is 36.5. The fourth-order valence-electron chi connectivity index (χ4n) is 3.14. The zero-order chi connectivity index (χ0) is 18.4. The number of amides is 1. The second-order valence-corrected chi connectivity index (χ2v) is 6.33. The van der Waals surface area contributed by atoms with Crippen LogP contribution in [0.1, 0.15) is 33.2 Å². The van der Waals surface area contributed by atoms with Gasteiger partial charge in [0.25, 0.3) is 0 Å². The maximum Gasteiger partial charge on any atom is 1.00 e. The zero-order valence-electron chi connectivity index (χ0n) is 17.2. The van der Waals surface area contributed by atoms with Gasteiger partial charge >= 0.3 is 41.5 Å². The second-order valence-electron chi connectivity index (χ2n) is 6.33. The van der Waals surface area contributed by atoms with E-state index in [2.05, 4.69) is 5.32 Å². The molecule has 1 aliphatic heterocycles. The van der Waals surface area contributed by atoms with E-state index >= 15 is 0 Å². The van der Waals surface area contributed by atoms with Crippen LogP contribution < -0.4 is 34.9 Å². The van der Waals surface area contributed by atoms with E-state index in [4.69, 9.17) is 0 Å². The van der Waals surface area contributed by atoms with E-state index in [1.54, 1.807) is 6.92 Å². The Hall–Kier alpha value is -1.49. The van der Waals surface area contributed by atoms with Crippen LogP contribution >= 0.6 is 0 Å². The van der Waals surface area contributed by atoms with Crippen molar-refractivity contribution in [1.82, 2.24) is 10.2 Å². The number of hydrogen-bond donors (Lipinski definition) is 3. The molecule has 0 aliphatic carbocycles. The van der Waals surface area contributed by atoms with Crippen molar-refractivity contribution in [3.63, 3.8) is 0 Å². The van der Waals surface area contributed by atoms with Gasteiger partial charge in [-0.15, -0.1) is 0 Å². The topological polar surface area (TPSA) is 170 Å². The first-order valence-electron chi connectivity index (χ1n) is 8.46. The molecule has 1 aromatic rings. The van der Waals surface area contributed by atoms with Crippen molar-refractivity contribution in [2.24, 2.45) is 0 Å². The normalized spacial score (nSPS) is 17.3. The van der Waals surface area contributed by atoms with Gasteiger partial charge in [-0.2, -0.15) is 0 Å². The van der Waals surface area contributed by atoms with Gasteiger partial charge in [-0.05, 0) is 38.2 Å². The maximum atomic E-state index is 12.5. The van der Waals surface area contributed by atoms with Crippen LogP contribution in [0.2, 0.25) is 0 Å². The average Bonchev–Trinajstić information content (AvgIpc) is 3.08. The van der Waals surface area contributed by atoms with E-state index in [0.717, 1.165) is 5.56 Å². The number of rotatable bonds is 8. The second kappa shape index (κ2) is 13.6. The van der Waals surface area contributed by atoms with Crippen molar-refractivity contribution in [2.75, 3.05) is 6.54 Å². The molecule has 0 spiro atoms. The Balaban J connectivity index is -0.00000169. The summed E-state index contributed by atoms with van der Waals surface area (Å²) in [6.45, 7) is 1.97. The Morgan fingerprint density at radius 3 is 2.36 bits per heavy atom. The first kappa shape index (κ1) is 28.7. The van der Waals surface area contributed by atoms with Crippen LogP contribution in [0, 0.1) is 0 Å². The Bertz CT molecular complexity index is 636. The van der Waals surface area contributed by atoms with Gasteiger partial charge < -0.3 is 27.5 Å². The molecule has 154 valence electrons. The molecule has 1 fully saturated rings. The number of likely N-dealkylation sites (tertiary alicyclic amines) is 1. The third-order valence-corrected chi connectivity index (χ3v) is 4.51. The van der Waals surface area contributed by atoms with Gasteiger partial charge in [0, 0.05) is 6.54 Å². The summed E-state index contributed by atoms with van der Waals surface area (Å²) in [6, 6.07) is 7.09. The summed E-state index contributed by atoms with van der Waals surface area (Å²) >= 11 is 0. The summed E-state index contributed by atoms with van der Waals surface area (Å²) in [5.41, 5.74) is 1.03. The fraction of sp³-hybridized carbons (Fsp3) is 0.500. The van der Waals surface area contributed by atoms with Gasteiger partial charge in [-0.1, -0.05) is 30.3 Å². The van der Waals surface area contributed by atoms with Crippen molar-refractivity contribution in [3.05, 3.63) is 35.9 Å². The van der Waals surface area contributed by atoms with Gasteiger partial charge in [0.05, 0.1) is 6.04 Å². The molecule has 1 saturated heterocycles. The van der Waals surface area contributed by atoms with Crippen LogP contribution in [0.25, 0.3) is 0 Å². The number of carbonyl (C=O) groups excluding carboxylic acids is 1. The Labute approximate surface area is 187 Å². The van der Waals surface area contributed by atoms with Crippen molar-refractivity contribution in [3.8, 4) is 0 Å². The molecule has 2 rings (SSSR count). The van der Waals surface area contributed by atoms with E-state index < -0.39 is 30.1 Å². The number of aliphatic carboxylic acids is 2. The summed E-state index contributed by atoms with van der Waals surface area (Å²) < 4.78 is 0. The SMILES string of the molecule is C[C@H](N[C@@H](CCc1ccccc1)C(=O)O)C(=O)N1CCC[C@H]1C(=O)O.O.O.[H-].[Na+]. The molecule has 1 amide bonds. The molecule has 1 aliphatic rings. The van der Waals surface area contributed by atoms with E-state index in [9.17, 15) is 24.6 Å². The molecular weight excluding hydrogens is 379 g/mol. The van der Waals surface area contributed by atoms with Gasteiger partial charge in [0.2, 0.25) is 5.91 Å². The molecule has 9 nitrogen and oxygen atoms in total. The zero-order valence-corrected chi connectivity index (χ0v) is 18.2. The van der Waals surface area contributed by atoms with Crippen molar-refractivity contribution in [1.29, 1.82) is 0 Å². The Morgan fingerprint density at radius 2 is 1.82 bits per heavy atom. The molecule has 0 bridgehead atoms. The number of carboxylic acids is 2. The largest absolute Gasteiger partial charge is 1.00 e. The van der Waals surface area contributed by atoms with Crippen LogP contribution in [0.15, 0.2) is 30.3 Å². The third-order valence-electron chi connectivity index (χ3n) is 4.51. The molecule has 3 atom stereocenters. The van der Waals surface area contributed by atoms with E-state index in [1.165, 1.54) is 4.90 Å². The molecule has 28 heavy (non-hydrogen) atoms. The molecule has 0 radical (unpaired) electrons. The number of benzene rings is 1. The van der Waals surface area contributed by atoms with Crippen LogP contribution in [0.4, 0.5) is 0 Å². The first-order valence-corrected chi connectivity index (χ1v) is 8.46. The minimum atomic E-state index is -1.02. The summed E-state index contributed by atoms with van der Waals surface area (Å²) in [5, 5.41) is 21.4. The van der Waals surface area contributed by atoms with E-state index in [1.807, 2.05) is 30.3 Å². The molecule has 0 saturated carbocycles. The maximum absolute atomic E-state index is 12.5. The number of nitrogens with one attached hydrogen (secondary N) is 1. The van der Waals surface area contributed by atoms with Crippen molar-refractivity contribution >= 4 is 17.8 Å². The summed E-state index contributed by atoms with van der Waals surface area (Å²) in [6.07, 6.45) is 2.00. The monoisotopic (exact) mass is 408 g/mol. The minimum Gasteiger partial charge on any atom is -1.00 e. The number of aryl methyl sites for hydroxylation is 1. The van der Waals surface area contributed by atoms with Gasteiger partial charge in [-0.3, -0.25) is 14.9 Å². The van der Waals surface area contributed by atoms with E-state index in [0.29, 0.717) is 32.2 Å². The van der Waals surface area contributed by atoms with Gasteiger partial charge in [0.1, 0.15) is 12.1 Å². The summed E-state index contributed by atoms with van der Waals surface area (Å²) in [7, 11) is 0. The van der Waals surface area contributed by atoms with Crippen molar-refractivity contribution in [2.45, 2.75) is 50.7 Å². The summed E-state index contributed by atoms with van der Waals surface area (Å²) in [5.74, 6) is -2.40. The van der Waals surface area contributed by atoms with Gasteiger partial charge in [0.15, 0.2) is 0 Å². The van der Waals surface area contributed by atoms with Gasteiger partial charge in [-0.25, -0.2) is 4.79 Å². The number of carbonyl (C=O) groups is 3. The van der Waals surface area contributed by atoms with Crippen LogP contribution in [-0.2, 0) is 20.8 Å². The van der Waals surface area contributed by atoms with E-state index in [-0.39, 0.29) is 47.8 Å². The quantitative estimate of drug-likeness (QED) is 0.378.